The lowest BCUT2D eigenvalue weighted by Crippen LogP contribution is -2.28. The van der Waals surface area contributed by atoms with Gasteiger partial charge >= 0.3 is 0 Å². The van der Waals surface area contributed by atoms with Crippen LogP contribution in [-0.2, 0) is 6.54 Å². The van der Waals surface area contributed by atoms with Gasteiger partial charge in [0, 0.05) is 16.4 Å². The van der Waals surface area contributed by atoms with E-state index in [-0.39, 0.29) is 17.1 Å². The molecule has 3 heterocycles. The van der Waals surface area contributed by atoms with E-state index in [2.05, 4.69) is 0 Å². The third-order valence-electron chi connectivity index (χ3n) is 5.21. The zero-order chi connectivity index (χ0) is 20.1. The quantitative estimate of drug-likeness (QED) is 0.435. The summed E-state index contributed by atoms with van der Waals surface area (Å²) in [4.78, 5) is 29.3. The van der Waals surface area contributed by atoms with Gasteiger partial charge in [0.25, 0.3) is 5.91 Å². The van der Waals surface area contributed by atoms with Crippen molar-refractivity contribution in [3.63, 3.8) is 0 Å². The fourth-order valence-corrected chi connectivity index (χ4v) is 4.81. The molecule has 144 valence electrons. The van der Waals surface area contributed by atoms with Gasteiger partial charge in [-0.2, -0.15) is 0 Å². The standard InChI is InChI=1S/C23H16ClNO3S/c1-13-4-6-14(7-5-13)12-25-20(18-3-2-10-29-18)19-21(26)16-11-15(24)8-9-17(16)28-22(19)23(25)27/h2-11,20H,12H2,1H3. The van der Waals surface area contributed by atoms with Crippen LogP contribution in [0, 0.1) is 6.92 Å². The second-order valence-corrected chi connectivity index (χ2v) is 8.57. The Balaban J connectivity index is 1.71. The third kappa shape index (κ3) is 2.98. The number of thiophene rings is 1. The van der Waals surface area contributed by atoms with Crippen molar-refractivity contribution in [3.8, 4) is 0 Å². The molecule has 29 heavy (non-hydrogen) atoms. The number of nitrogens with zero attached hydrogens (tertiary/aromatic N) is 1. The number of rotatable bonds is 3. The zero-order valence-corrected chi connectivity index (χ0v) is 17.1. The second-order valence-electron chi connectivity index (χ2n) is 7.15. The molecule has 1 unspecified atom stereocenters. The van der Waals surface area contributed by atoms with Crippen molar-refractivity contribution in [3.05, 3.63) is 103 Å². The number of carbonyl (C=O) groups is 1. The normalized spacial score (nSPS) is 15.9. The summed E-state index contributed by atoms with van der Waals surface area (Å²) in [7, 11) is 0. The molecule has 0 saturated carbocycles. The smallest absolute Gasteiger partial charge is 0.291 e. The van der Waals surface area contributed by atoms with E-state index in [4.69, 9.17) is 16.0 Å². The van der Waals surface area contributed by atoms with E-state index < -0.39 is 6.04 Å². The van der Waals surface area contributed by atoms with E-state index in [1.807, 2.05) is 48.7 Å². The first kappa shape index (κ1) is 18.2. The van der Waals surface area contributed by atoms with Gasteiger partial charge < -0.3 is 9.32 Å². The topological polar surface area (TPSA) is 50.5 Å². The molecule has 0 fully saturated rings. The molecule has 0 radical (unpaired) electrons. The molecule has 0 spiro atoms. The van der Waals surface area contributed by atoms with Gasteiger partial charge in [-0.15, -0.1) is 11.3 Å². The number of hydrogen-bond donors (Lipinski definition) is 0. The number of fused-ring (bicyclic) bond motifs is 2. The van der Waals surface area contributed by atoms with Crippen molar-refractivity contribution in [1.29, 1.82) is 0 Å². The van der Waals surface area contributed by atoms with Crippen molar-refractivity contribution in [2.24, 2.45) is 0 Å². The Morgan fingerprint density at radius 3 is 2.62 bits per heavy atom. The van der Waals surface area contributed by atoms with Crippen LogP contribution < -0.4 is 5.43 Å². The van der Waals surface area contributed by atoms with E-state index in [1.165, 1.54) is 11.3 Å². The van der Waals surface area contributed by atoms with Gasteiger partial charge in [-0.25, -0.2) is 0 Å². The minimum Gasteiger partial charge on any atom is -0.450 e. The molecule has 2 aromatic heterocycles. The van der Waals surface area contributed by atoms with Crippen molar-refractivity contribution >= 4 is 39.8 Å². The fraction of sp³-hybridized carbons (Fsp3) is 0.130. The summed E-state index contributed by atoms with van der Waals surface area (Å²) in [5.74, 6) is -0.150. The number of aryl methyl sites for hydroxylation is 1. The summed E-state index contributed by atoms with van der Waals surface area (Å²) in [6, 6.07) is 16.3. The highest BCUT2D eigenvalue weighted by atomic mass is 35.5. The number of halogens is 1. The van der Waals surface area contributed by atoms with Crippen LogP contribution in [0.4, 0.5) is 0 Å². The Hall–Kier alpha value is -2.89. The minimum atomic E-state index is -0.474. The Kier molecular flexibility index (Phi) is 4.30. The third-order valence-corrected chi connectivity index (χ3v) is 6.37. The molecule has 4 aromatic rings. The first-order valence-electron chi connectivity index (χ1n) is 9.19. The monoisotopic (exact) mass is 421 g/mol. The molecule has 0 bridgehead atoms. The van der Waals surface area contributed by atoms with E-state index in [0.29, 0.717) is 28.1 Å². The lowest BCUT2D eigenvalue weighted by molar-refractivity contribution is 0.0716. The van der Waals surface area contributed by atoms with Gasteiger partial charge in [-0.1, -0.05) is 47.5 Å². The maximum atomic E-state index is 13.4. The van der Waals surface area contributed by atoms with E-state index in [1.54, 1.807) is 23.1 Å². The molecular weight excluding hydrogens is 406 g/mol. The van der Waals surface area contributed by atoms with Crippen LogP contribution in [-0.4, -0.2) is 10.8 Å². The van der Waals surface area contributed by atoms with Crippen molar-refractivity contribution in [2.75, 3.05) is 0 Å². The highest BCUT2D eigenvalue weighted by Gasteiger charge is 2.43. The number of carbonyl (C=O) groups excluding carboxylic acids is 1. The highest BCUT2D eigenvalue weighted by molar-refractivity contribution is 7.10. The Labute approximate surface area is 176 Å². The maximum Gasteiger partial charge on any atom is 0.291 e. The van der Waals surface area contributed by atoms with Gasteiger partial charge in [-0.05, 0) is 42.1 Å². The largest absolute Gasteiger partial charge is 0.450 e. The Morgan fingerprint density at radius 2 is 1.90 bits per heavy atom. The lowest BCUT2D eigenvalue weighted by atomic mass is 10.0. The minimum absolute atomic E-state index is 0.121. The SMILES string of the molecule is Cc1ccc(CN2C(=O)c3oc4ccc(Cl)cc4c(=O)c3C2c2cccs2)cc1. The molecule has 2 aromatic carbocycles. The van der Waals surface area contributed by atoms with E-state index in [0.717, 1.165) is 16.0 Å². The molecule has 0 N–H and O–H groups in total. The summed E-state index contributed by atoms with van der Waals surface area (Å²) in [6.07, 6.45) is 0. The average molecular weight is 422 g/mol. The summed E-state index contributed by atoms with van der Waals surface area (Å²) >= 11 is 7.62. The van der Waals surface area contributed by atoms with Crippen LogP contribution in [0.15, 0.2) is 69.2 Å². The molecular formula is C23H16ClNO3S. The second kappa shape index (κ2) is 6.87. The van der Waals surface area contributed by atoms with Gasteiger partial charge in [0.05, 0.1) is 10.9 Å². The predicted octanol–water partition coefficient (Wildman–Crippen LogP) is 5.56. The van der Waals surface area contributed by atoms with E-state index in [9.17, 15) is 9.59 Å². The van der Waals surface area contributed by atoms with Crippen molar-refractivity contribution in [1.82, 2.24) is 4.90 Å². The van der Waals surface area contributed by atoms with Crippen LogP contribution in [0.5, 0.6) is 0 Å². The summed E-state index contributed by atoms with van der Waals surface area (Å²) in [5.41, 5.74) is 2.70. The summed E-state index contributed by atoms with van der Waals surface area (Å²) < 4.78 is 5.92. The van der Waals surface area contributed by atoms with Crippen LogP contribution >= 0.6 is 22.9 Å². The predicted molar refractivity (Wildman–Crippen MR) is 115 cm³/mol. The summed E-state index contributed by atoms with van der Waals surface area (Å²) in [5, 5.41) is 2.79. The van der Waals surface area contributed by atoms with Crippen molar-refractivity contribution in [2.45, 2.75) is 19.5 Å². The van der Waals surface area contributed by atoms with E-state index >= 15 is 0 Å². The van der Waals surface area contributed by atoms with Crippen LogP contribution in [0.1, 0.15) is 38.2 Å². The van der Waals surface area contributed by atoms with Gasteiger partial charge in [0.15, 0.2) is 5.43 Å². The number of amides is 1. The summed E-state index contributed by atoms with van der Waals surface area (Å²) in [6.45, 7) is 2.41. The molecule has 0 saturated heterocycles. The van der Waals surface area contributed by atoms with Gasteiger partial charge in [-0.3, -0.25) is 9.59 Å². The molecule has 5 rings (SSSR count). The van der Waals surface area contributed by atoms with Crippen LogP contribution in [0.2, 0.25) is 5.02 Å². The molecule has 0 aliphatic carbocycles. The molecule has 6 heteroatoms. The molecule has 1 atom stereocenters. The Morgan fingerprint density at radius 1 is 1.10 bits per heavy atom. The van der Waals surface area contributed by atoms with Gasteiger partial charge in [0.2, 0.25) is 5.76 Å². The van der Waals surface area contributed by atoms with Gasteiger partial charge in [0.1, 0.15) is 11.6 Å². The molecule has 1 aliphatic heterocycles. The number of hydrogen-bond acceptors (Lipinski definition) is 4. The zero-order valence-electron chi connectivity index (χ0n) is 15.5. The van der Waals surface area contributed by atoms with Crippen LogP contribution in [0.25, 0.3) is 11.0 Å². The Bertz CT molecular complexity index is 1290. The van der Waals surface area contributed by atoms with Crippen molar-refractivity contribution < 1.29 is 9.21 Å². The highest BCUT2D eigenvalue weighted by Crippen LogP contribution is 2.40. The lowest BCUT2D eigenvalue weighted by Gasteiger charge is -2.24. The first-order valence-corrected chi connectivity index (χ1v) is 10.4. The fourth-order valence-electron chi connectivity index (χ4n) is 3.79. The maximum absolute atomic E-state index is 13.4. The molecule has 1 aliphatic rings. The first-order chi connectivity index (χ1) is 14.0. The van der Waals surface area contributed by atoms with Crippen LogP contribution in [0.3, 0.4) is 0 Å². The number of benzene rings is 2. The average Bonchev–Trinajstić information content (AvgIpc) is 3.32. The molecule has 1 amide bonds. The molecule has 4 nitrogen and oxygen atoms in total.